The summed E-state index contributed by atoms with van der Waals surface area (Å²) in [5, 5.41) is 16.2. The molecule has 1 atom stereocenters. The number of hydrazone groups is 1. The minimum atomic E-state index is 0.287. The molecule has 2 aromatic rings. The van der Waals surface area contributed by atoms with Crippen LogP contribution in [0.1, 0.15) is 49.1 Å². The number of hydrogen-bond acceptors (Lipinski definition) is 6. The average Bonchev–Trinajstić information content (AvgIpc) is 3.37. The van der Waals surface area contributed by atoms with Gasteiger partial charge in [-0.05, 0) is 43.9 Å². The highest BCUT2D eigenvalue weighted by atomic mass is 16.5. The van der Waals surface area contributed by atoms with Crippen molar-refractivity contribution in [3.8, 4) is 11.9 Å². The van der Waals surface area contributed by atoms with Crippen LogP contribution in [0, 0.1) is 24.2 Å². The summed E-state index contributed by atoms with van der Waals surface area (Å²) < 4.78 is 5.27. The van der Waals surface area contributed by atoms with Crippen molar-refractivity contribution in [2.75, 3.05) is 12.1 Å². The van der Waals surface area contributed by atoms with E-state index < -0.39 is 0 Å². The van der Waals surface area contributed by atoms with E-state index in [-0.39, 0.29) is 6.04 Å². The van der Waals surface area contributed by atoms with Crippen molar-refractivity contribution >= 4 is 11.5 Å². The molecule has 1 fully saturated rings. The molecule has 4 rings (SSSR count). The lowest BCUT2D eigenvalue weighted by Gasteiger charge is -2.27. The van der Waals surface area contributed by atoms with Crippen LogP contribution >= 0.6 is 0 Å². The van der Waals surface area contributed by atoms with E-state index in [0.717, 1.165) is 29.3 Å². The van der Waals surface area contributed by atoms with Crippen molar-refractivity contribution < 1.29 is 4.74 Å². The molecule has 0 N–H and O–H groups in total. The molecule has 138 valence electrons. The highest BCUT2D eigenvalue weighted by molar-refractivity contribution is 6.01. The SMILES string of the molecule is COc1cccc(C2=NN(c3ccc(C#N)c(C)n3)[C@@H](C3CCCC3)C2)n1. The van der Waals surface area contributed by atoms with Crippen LogP contribution in [0.5, 0.6) is 5.88 Å². The number of methoxy groups -OCH3 is 1. The summed E-state index contributed by atoms with van der Waals surface area (Å²) in [7, 11) is 1.62. The topological polar surface area (TPSA) is 74.4 Å². The first kappa shape index (κ1) is 17.5. The molecule has 1 aliphatic carbocycles. The molecule has 6 heteroatoms. The molecule has 0 amide bonds. The number of nitriles is 1. The van der Waals surface area contributed by atoms with E-state index in [0.29, 0.717) is 17.4 Å². The van der Waals surface area contributed by atoms with Crippen LogP contribution in [0.3, 0.4) is 0 Å². The zero-order valence-corrected chi connectivity index (χ0v) is 15.7. The molecular weight excluding hydrogens is 338 g/mol. The van der Waals surface area contributed by atoms with Crippen molar-refractivity contribution in [3.63, 3.8) is 0 Å². The molecule has 0 aromatic carbocycles. The second-order valence-electron chi connectivity index (χ2n) is 7.19. The first-order valence-corrected chi connectivity index (χ1v) is 9.45. The third-order valence-electron chi connectivity index (χ3n) is 5.54. The minimum absolute atomic E-state index is 0.287. The molecule has 0 saturated heterocycles. The quantitative estimate of drug-likeness (QED) is 0.827. The fraction of sp³-hybridized carbons (Fsp3) is 0.429. The van der Waals surface area contributed by atoms with Gasteiger partial charge in [-0.3, -0.25) is 0 Å². The Balaban J connectivity index is 1.71. The molecular formula is C21H23N5O. The monoisotopic (exact) mass is 361 g/mol. The predicted molar refractivity (Wildman–Crippen MR) is 104 cm³/mol. The van der Waals surface area contributed by atoms with Crippen LogP contribution < -0.4 is 9.75 Å². The summed E-state index contributed by atoms with van der Waals surface area (Å²) >= 11 is 0. The molecule has 2 aromatic heterocycles. The fourth-order valence-corrected chi connectivity index (χ4v) is 4.10. The maximum absolute atomic E-state index is 9.19. The standard InChI is InChI=1S/C21H23N5O/c1-14-16(13-22)10-11-20(23-14)26-19(15-6-3-4-7-15)12-18(25-26)17-8-5-9-21(24-17)27-2/h5,8-11,15,19H,3-4,6-7,12H2,1-2H3/t19-/m1/s1. The van der Waals surface area contributed by atoms with Gasteiger partial charge in [-0.1, -0.05) is 18.9 Å². The van der Waals surface area contributed by atoms with Crippen LogP contribution in [0.15, 0.2) is 35.4 Å². The van der Waals surface area contributed by atoms with Gasteiger partial charge in [-0.2, -0.15) is 10.4 Å². The molecule has 0 unspecified atom stereocenters. The first-order chi connectivity index (χ1) is 13.2. The molecule has 0 radical (unpaired) electrons. The van der Waals surface area contributed by atoms with Crippen LogP contribution in [0.2, 0.25) is 0 Å². The fourth-order valence-electron chi connectivity index (χ4n) is 4.10. The maximum Gasteiger partial charge on any atom is 0.213 e. The lowest BCUT2D eigenvalue weighted by Crippen LogP contribution is -2.33. The zero-order chi connectivity index (χ0) is 18.8. The Morgan fingerprint density at radius 2 is 1.96 bits per heavy atom. The van der Waals surface area contributed by atoms with Crippen LogP contribution in [0.25, 0.3) is 0 Å². The number of rotatable bonds is 4. The summed E-state index contributed by atoms with van der Waals surface area (Å²) in [6.07, 6.45) is 5.87. The largest absolute Gasteiger partial charge is 0.481 e. The highest BCUT2D eigenvalue weighted by Gasteiger charge is 2.37. The molecule has 2 aliphatic rings. The number of aromatic nitrogens is 2. The normalized spacial score (nSPS) is 19.8. The zero-order valence-electron chi connectivity index (χ0n) is 15.7. The van der Waals surface area contributed by atoms with E-state index in [1.54, 1.807) is 7.11 Å². The lowest BCUT2D eigenvalue weighted by atomic mass is 9.93. The van der Waals surface area contributed by atoms with Gasteiger partial charge in [0, 0.05) is 12.5 Å². The molecule has 1 saturated carbocycles. The number of hydrogen-bond donors (Lipinski definition) is 0. The lowest BCUT2D eigenvalue weighted by molar-refractivity contribution is 0.397. The first-order valence-electron chi connectivity index (χ1n) is 9.45. The Morgan fingerprint density at radius 3 is 2.67 bits per heavy atom. The number of ether oxygens (including phenoxy) is 1. The van der Waals surface area contributed by atoms with Gasteiger partial charge in [0.15, 0.2) is 0 Å². The molecule has 6 nitrogen and oxygen atoms in total. The third kappa shape index (κ3) is 3.37. The van der Waals surface area contributed by atoms with Crippen molar-refractivity contribution in [2.45, 2.75) is 45.1 Å². The molecule has 27 heavy (non-hydrogen) atoms. The smallest absolute Gasteiger partial charge is 0.213 e. The Bertz CT molecular complexity index is 911. The summed E-state index contributed by atoms with van der Waals surface area (Å²) in [4.78, 5) is 9.22. The predicted octanol–water partition coefficient (Wildman–Crippen LogP) is 3.84. The second kappa shape index (κ2) is 7.36. The second-order valence-corrected chi connectivity index (χ2v) is 7.19. The van der Waals surface area contributed by atoms with Crippen LogP contribution in [-0.2, 0) is 0 Å². The van der Waals surface area contributed by atoms with Crippen molar-refractivity contribution in [1.82, 2.24) is 9.97 Å². The number of nitrogens with zero attached hydrogens (tertiary/aromatic N) is 5. The van der Waals surface area contributed by atoms with E-state index in [1.165, 1.54) is 25.7 Å². The average molecular weight is 361 g/mol. The van der Waals surface area contributed by atoms with Crippen LogP contribution in [-0.4, -0.2) is 28.8 Å². The van der Waals surface area contributed by atoms with E-state index in [4.69, 9.17) is 9.84 Å². The van der Waals surface area contributed by atoms with E-state index in [2.05, 4.69) is 21.0 Å². The van der Waals surface area contributed by atoms with Crippen molar-refractivity contribution in [3.05, 3.63) is 47.3 Å². The van der Waals surface area contributed by atoms with E-state index >= 15 is 0 Å². The maximum atomic E-state index is 9.19. The summed E-state index contributed by atoms with van der Waals surface area (Å²) in [5.41, 5.74) is 3.16. The summed E-state index contributed by atoms with van der Waals surface area (Å²) in [5.74, 6) is 2.01. The third-order valence-corrected chi connectivity index (χ3v) is 5.54. The van der Waals surface area contributed by atoms with Crippen molar-refractivity contribution in [1.29, 1.82) is 5.26 Å². The molecule has 0 bridgehead atoms. The number of anilines is 1. The van der Waals surface area contributed by atoms with E-state index in [9.17, 15) is 5.26 Å². The van der Waals surface area contributed by atoms with E-state index in [1.807, 2.05) is 37.3 Å². The highest BCUT2D eigenvalue weighted by Crippen LogP contribution is 2.37. The summed E-state index contributed by atoms with van der Waals surface area (Å²) in [6, 6.07) is 12.0. The Hall–Kier alpha value is -2.94. The Morgan fingerprint density at radius 1 is 1.15 bits per heavy atom. The van der Waals surface area contributed by atoms with Gasteiger partial charge in [0.1, 0.15) is 11.9 Å². The van der Waals surface area contributed by atoms with Gasteiger partial charge in [0.05, 0.1) is 35.8 Å². The number of pyridine rings is 2. The summed E-state index contributed by atoms with van der Waals surface area (Å²) in [6.45, 7) is 1.87. The van der Waals surface area contributed by atoms with Gasteiger partial charge >= 0.3 is 0 Å². The van der Waals surface area contributed by atoms with Gasteiger partial charge in [-0.25, -0.2) is 15.0 Å². The Kier molecular flexibility index (Phi) is 4.76. The van der Waals surface area contributed by atoms with Gasteiger partial charge in [0.2, 0.25) is 5.88 Å². The van der Waals surface area contributed by atoms with Gasteiger partial charge in [-0.15, -0.1) is 0 Å². The van der Waals surface area contributed by atoms with Crippen LogP contribution in [0.4, 0.5) is 5.82 Å². The molecule has 0 spiro atoms. The number of aryl methyl sites for hydroxylation is 1. The Labute approximate surface area is 159 Å². The molecule has 1 aliphatic heterocycles. The van der Waals surface area contributed by atoms with Gasteiger partial charge in [0.25, 0.3) is 0 Å². The minimum Gasteiger partial charge on any atom is -0.481 e. The van der Waals surface area contributed by atoms with Crippen molar-refractivity contribution in [2.24, 2.45) is 11.0 Å². The molecule has 3 heterocycles. The van der Waals surface area contributed by atoms with Gasteiger partial charge < -0.3 is 4.74 Å².